The fourth-order valence-corrected chi connectivity index (χ4v) is 1.63. The molecule has 0 aromatic rings. The second-order valence-electron chi connectivity index (χ2n) is 1.21. The summed E-state index contributed by atoms with van der Waals surface area (Å²) in [7, 11) is -3.73. The van der Waals surface area contributed by atoms with Crippen LogP contribution in [0.4, 0.5) is 0 Å². The molecule has 0 atom stereocenters. The van der Waals surface area contributed by atoms with E-state index in [1.165, 1.54) is 0 Å². The summed E-state index contributed by atoms with van der Waals surface area (Å²) in [5.74, 6) is 0. The predicted molar refractivity (Wildman–Crippen MR) is 35.5 cm³/mol. The van der Waals surface area contributed by atoms with E-state index in [-0.39, 0.29) is 10.3 Å². The Morgan fingerprint density at radius 1 is 1.11 bits per heavy atom. The van der Waals surface area contributed by atoms with Crippen LogP contribution in [0.3, 0.4) is 0 Å². The molecule has 0 unspecified atom stereocenters. The van der Waals surface area contributed by atoms with Crippen molar-refractivity contribution in [3.05, 3.63) is 0 Å². The fraction of sp³-hybridized carbons (Fsp3) is 0. The van der Waals surface area contributed by atoms with Crippen molar-refractivity contribution in [2.75, 3.05) is 0 Å². The number of hydrogen-bond acceptors (Lipinski definition) is 2. The van der Waals surface area contributed by atoms with Crippen LogP contribution in [-0.4, -0.2) is 18.8 Å². The van der Waals surface area contributed by atoms with Crippen LogP contribution in [0, 0.1) is 0 Å². The van der Waals surface area contributed by atoms with Gasteiger partial charge in [0.2, 0.25) is 0 Å². The van der Waals surface area contributed by atoms with E-state index in [4.69, 9.17) is 23.2 Å². The molecule has 0 aromatic heterocycles. The van der Waals surface area contributed by atoms with Crippen LogP contribution in [0.2, 0.25) is 0 Å². The monoisotopic (exact) mass is 186 g/mol. The van der Waals surface area contributed by atoms with Gasteiger partial charge in [0.1, 0.15) is 0 Å². The SMILES string of the molecule is O=S1(=O)N=C(Cl)C(Cl)=N1. The first kappa shape index (κ1) is 6.98. The van der Waals surface area contributed by atoms with Crippen LogP contribution < -0.4 is 0 Å². The van der Waals surface area contributed by atoms with Gasteiger partial charge in [0.15, 0.2) is 10.3 Å². The van der Waals surface area contributed by atoms with Gasteiger partial charge in [-0.15, -0.1) is 8.80 Å². The Labute approximate surface area is 61.4 Å². The highest BCUT2D eigenvalue weighted by Gasteiger charge is 2.19. The third-order valence-electron chi connectivity index (χ3n) is 0.561. The standard InChI is InChI=1S/C2Cl2N2O2S/c3-1-2(4)6-9(7,8)5-1. The van der Waals surface area contributed by atoms with Crippen LogP contribution in [0.1, 0.15) is 0 Å². The van der Waals surface area contributed by atoms with Crippen LogP contribution in [0.5, 0.6) is 0 Å². The zero-order chi connectivity index (χ0) is 7.07. The van der Waals surface area contributed by atoms with E-state index in [1.54, 1.807) is 0 Å². The summed E-state index contributed by atoms with van der Waals surface area (Å²) >= 11 is 10.3. The van der Waals surface area contributed by atoms with E-state index < -0.39 is 10.2 Å². The maximum absolute atomic E-state index is 10.3. The average molecular weight is 187 g/mol. The van der Waals surface area contributed by atoms with Gasteiger partial charge in [0.05, 0.1) is 0 Å². The topological polar surface area (TPSA) is 58.9 Å². The van der Waals surface area contributed by atoms with Crippen molar-refractivity contribution in [2.24, 2.45) is 8.80 Å². The van der Waals surface area contributed by atoms with Gasteiger partial charge in [0.25, 0.3) is 0 Å². The Morgan fingerprint density at radius 2 is 1.44 bits per heavy atom. The van der Waals surface area contributed by atoms with Gasteiger partial charge >= 0.3 is 10.2 Å². The van der Waals surface area contributed by atoms with Crippen LogP contribution in [0.15, 0.2) is 8.80 Å². The van der Waals surface area contributed by atoms with E-state index >= 15 is 0 Å². The number of nitrogens with zero attached hydrogens (tertiary/aromatic N) is 2. The smallest absolute Gasteiger partial charge is 0.179 e. The zero-order valence-corrected chi connectivity index (χ0v) is 6.20. The predicted octanol–water partition coefficient (Wildman–Crippen LogP) is 0.519. The first-order valence-electron chi connectivity index (χ1n) is 1.77. The van der Waals surface area contributed by atoms with Crippen molar-refractivity contribution >= 4 is 43.8 Å². The minimum Gasteiger partial charge on any atom is -0.179 e. The molecule has 0 fully saturated rings. The van der Waals surface area contributed by atoms with Gasteiger partial charge in [-0.2, -0.15) is 8.42 Å². The summed E-state index contributed by atoms with van der Waals surface area (Å²) in [6.07, 6.45) is 0. The molecule has 0 aromatic carbocycles. The molecule has 1 heterocycles. The highest BCUT2D eigenvalue weighted by Crippen LogP contribution is 2.11. The summed E-state index contributed by atoms with van der Waals surface area (Å²) in [4.78, 5) is 0. The number of halogens is 2. The lowest BCUT2D eigenvalue weighted by Crippen LogP contribution is -1.90. The van der Waals surface area contributed by atoms with Crippen LogP contribution in [0.25, 0.3) is 0 Å². The Hall–Kier alpha value is -0.130. The summed E-state index contributed by atoms with van der Waals surface area (Å²) in [5.41, 5.74) is 0. The quantitative estimate of drug-likeness (QED) is 0.554. The van der Waals surface area contributed by atoms with Gasteiger partial charge < -0.3 is 0 Å². The van der Waals surface area contributed by atoms with Gasteiger partial charge in [0, 0.05) is 0 Å². The lowest BCUT2D eigenvalue weighted by molar-refractivity contribution is 0.601. The average Bonchev–Trinajstić information content (AvgIpc) is 1.79. The molecule has 0 amide bonds. The summed E-state index contributed by atoms with van der Waals surface area (Å²) in [6.45, 7) is 0. The molecule has 1 rings (SSSR count). The van der Waals surface area contributed by atoms with E-state index in [0.717, 1.165) is 0 Å². The van der Waals surface area contributed by atoms with Gasteiger partial charge in [-0.1, -0.05) is 23.2 Å². The summed E-state index contributed by atoms with van der Waals surface area (Å²) in [6, 6.07) is 0. The minimum absolute atomic E-state index is 0.281. The summed E-state index contributed by atoms with van der Waals surface area (Å²) < 4.78 is 26.5. The first-order chi connectivity index (χ1) is 4.01. The molecule has 0 radical (unpaired) electrons. The molecular weight excluding hydrogens is 187 g/mol. The molecule has 4 nitrogen and oxygen atoms in total. The largest absolute Gasteiger partial charge is 0.365 e. The molecule has 0 saturated heterocycles. The molecule has 9 heavy (non-hydrogen) atoms. The summed E-state index contributed by atoms with van der Waals surface area (Å²) in [5, 5.41) is -0.562. The number of hydrogen-bond donors (Lipinski definition) is 0. The molecule has 50 valence electrons. The zero-order valence-electron chi connectivity index (χ0n) is 3.88. The van der Waals surface area contributed by atoms with E-state index in [2.05, 4.69) is 8.80 Å². The highest BCUT2D eigenvalue weighted by molar-refractivity contribution is 7.90. The third-order valence-corrected chi connectivity index (χ3v) is 2.21. The van der Waals surface area contributed by atoms with E-state index in [1.807, 2.05) is 0 Å². The normalized spacial score (nSPS) is 23.3. The Kier molecular flexibility index (Phi) is 1.50. The molecule has 0 aliphatic carbocycles. The molecule has 0 saturated carbocycles. The van der Waals surface area contributed by atoms with Crippen molar-refractivity contribution in [1.29, 1.82) is 0 Å². The van der Waals surface area contributed by atoms with Crippen molar-refractivity contribution in [3.63, 3.8) is 0 Å². The van der Waals surface area contributed by atoms with Crippen LogP contribution in [-0.2, 0) is 10.2 Å². The van der Waals surface area contributed by atoms with Crippen molar-refractivity contribution in [2.45, 2.75) is 0 Å². The van der Waals surface area contributed by atoms with Crippen LogP contribution >= 0.6 is 23.2 Å². The maximum Gasteiger partial charge on any atom is 0.365 e. The Morgan fingerprint density at radius 3 is 1.56 bits per heavy atom. The molecule has 0 spiro atoms. The first-order valence-corrected chi connectivity index (χ1v) is 3.93. The fourth-order valence-electron chi connectivity index (χ4n) is 0.298. The highest BCUT2D eigenvalue weighted by atomic mass is 35.5. The van der Waals surface area contributed by atoms with Gasteiger partial charge in [-0.3, -0.25) is 0 Å². The lowest BCUT2D eigenvalue weighted by atomic mass is 10.8. The minimum atomic E-state index is -3.73. The van der Waals surface area contributed by atoms with E-state index in [9.17, 15) is 8.42 Å². The van der Waals surface area contributed by atoms with Crippen molar-refractivity contribution in [1.82, 2.24) is 0 Å². The maximum atomic E-state index is 10.3. The van der Waals surface area contributed by atoms with Gasteiger partial charge in [-0.05, 0) is 0 Å². The molecular formula is C2Cl2N2O2S. The van der Waals surface area contributed by atoms with E-state index in [0.29, 0.717) is 0 Å². The molecule has 0 bridgehead atoms. The van der Waals surface area contributed by atoms with Crippen molar-refractivity contribution in [3.8, 4) is 0 Å². The molecule has 1 aliphatic heterocycles. The molecule has 0 N–H and O–H groups in total. The lowest BCUT2D eigenvalue weighted by Gasteiger charge is -1.73. The number of rotatable bonds is 0. The second-order valence-corrected chi connectivity index (χ2v) is 3.19. The molecule has 1 aliphatic rings. The Balaban J connectivity index is 3.27. The molecule has 7 heteroatoms. The third kappa shape index (κ3) is 1.41. The van der Waals surface area contributed by atoms with Gasteiger partial charge in [-0.25, -0.2) is 0 Å². The second kappa shape index (κ2) is 1.93. The van der Waals surface area contributed by atoms with Crippen molar-refractivity contribution < 1.29 is 8.42 Å². The Bertz CT molecular complexity index is 266.